The Bertz CT molecular complexity index is 2790. The van der Waals surface area contributed by atoms with Crippen molar-refractivity contribution >= 4 is 29.6 Å². The van der Waals surface area contributed by atoms with Gasteiger partial charge in [-0.1, -0.05) is 84.6 Å². The van der Waals surface area contributed by atoms with Gasteiger partial charge in [-0.05, 0) is 82.3 Å². The molecule has 2 fully saturated rings. The molecule has 1 spiro atoms. The highest BCUT2D eigenvalue weighted by Crippen LogP contribution is 2.66. The van der Waals surface area contributed by atoms with Crippen molar-refractivity contribution in [2.45, 2.75) is 49.0 Å². The van der Waals surface area contributed by atoms with Crippen molar-refractivity contribution in [2.24, 2.45) is 5.92 Å². The van der Waals surface area contributed by atoms with Gasteiger partial charge < -0.3 is 43.5 Å². The van der Waals surface area contributed by atoms with Crippen LogP contribution < -0.4 is 19.1 Å². The molecule has 2 saturated heterocycles. The van der Waals surface area contributed by atoms with Gasteiger partial charge in [0.25, 0.3) is 0 Å². The average molecular weight is 936 g/mol. The van der Waals surface area contributed by atoms with E-state index in [4.69, 9.17) is 28.4 Å². The lowest BCUT2D eigenvalue weighted by atomic mass is 9.64. The van der Waals surface area contributed by atoms with E-state index in [1.54, 1.807) is 48.4 Å². The van der Waals surface area contributed by atoms with E-state index in [2.05, 4.69) is 11.8 Å². The molecule has 15 nitrogen and oxygen atoms in total. The molecule has 69 heavy (non-hydrogen) atoms. The first-order valence-electron chi connectivity index (χ1n) is 22.9. The number of amides is 3. The summed E-state index contributed by atoms with van der Waals surface area (Å²) in [5.41, 5.74) is 2.43. The number of anilines is 1. The van der Waals surface area contributed by atoms with Gasteiger partial charge in [0.05, 0.1) is 57.7 Å². The molecule has 0 radical (unpaired) electrons. The number of methoxy groups -OCH3 is 3. The van der Waals surface area contributed by atoms with E-state index in [9.17, 15) is 15.0 Å². The van der Waals surface area contributed by atoms with Crippen molar-refractivity contribution in [3.8, 4) is 29.1 Å². The highest BCUT2D eigenvalue weighted by Gasteiger charge is 2.76. The zero-order chi connectivity index (χ0) is 48.2. The zero-order valence-electron chi connectivity index (χ0n) is 38.5. The Morgan fingerprint density at radius 1 is 0.768 bits per heavy atom. The van der Waals surface area contributed by atoms with E-state index >= 15 is 14.4 Å². The third kappa shape index (κ3) is 8.33. The number of benzene rings is 5. The second-order valence-corrected chi connectivity index (χ2v) is 17.2. The third-order valence-electron chi connectivity index (χ3n) is 13.5. The number of carbonyl (C=O) groups is 4. The van der Waals surface area contributed by atoms with E-state index in [1.165, 1.54) is 14.2 Å². The van der Waals surface area contributed by atoms with Crippen LogP contribution in [0.15, 0.2) is 115 Å². The molecule has 6 atom stereocenters. The van der Waals surface area contributed by atoms with Crippen LogP contribution in [-0.2, 0) is 47.0 Å². The molecule has 4 heterocycles. The van der Waals surface area contributed by atoms with Crippen LogP contribution in [0, 0.1) is 17.8 Å². The molecular formula is C54H53N3O12. The fourth-order valence-electron chi connectivity index (χ4n) is 10.6. The molecule has 5 aromatic rings. The van der Waals surface area contributed by atoms with Crippen LogP contribution in [0.3, 0.4) is 0 Å². The maximum absolute atomic E-state index is 16.5. The molecule has 0 saturated carbocycles. The summed E-state index contributed by atoms with van der Waals surface area (Å²) in [5, 5.41) is 19.5. The van der Waals surface area contributed by atoms with Crippen LogP contribution in [0.2, 0.25) is 0 Å². The number of aliphatic hydroxyl groups excluding tert-OH is 2. The van der Waals surface area contributed by atoms with Crippen LogP contribution in [0.25, 0.3) is 0 Å². The summed E-state index contributed by atoms with van der Waals surface area (Å²) in [7, 11) is 4.56. The molecule has 0 aliphatic carbocycles. The molecule has 0 bridgehead atoms. The smallest absolute Gasteiger partial charge is 0.421 e. The lowest BCUT2D eigenvalue weighted by molar-refractivity contribution is -0.179. The minimum Gasteiger partial charge on any atom is -0.493 e. The van der Waals surface area contributed by atoms with E-state index in [0.29, 0.717) is 40.4 Å². The molecule has 9 rings (SSSR count). The maximum Gasteiger partial charge on any atom is 0.421 e. The number of imide groups is 1. The number of hydrogen-bond donors (Lipinski definition) is 2. The Kier molecular flexibility index (Phi) is 13.7. The molecule has 0 unspecified atom stereocenters. The van der Waals surface area contributed by atoms with Crippen LogP contribution >= 0.6 is 0 Å². The van der Waals surface area contributed by atoms with Crippen LogP contribution in [-0.4, -0.2) is 111 Å². The first-order valence-corrected chi connectivity index (χ1v) is 22.9. The van der Waals surface area contributed by atoms with Crippen molar-refractivity contribution < 1.29 is 57.8 Å². The van der Waals surface area contributed by atoms with Gasteiger partial charge in [0.2, 0.25) is 11.8 Å². The topological polar surface area (TPSA) is 174 Å². The van der Waals surface area contributed by atoms with Crippen LogP contribution in [0.1, 0.15) is 63.6 Å². The summed E-state index contributed by atoms with van der Waals surface area (Å²) in [6.45, 7) is -0.308. The van der Waals surface area contributed by atoms with Crippen molar-refractivity contribution in [1.29, 1.82) is 0 Å². The maximum atomic E-state index is 16.5. The molecular weight excluding hydrogens is 883 g/mol. The number of aliphatic hydroxyl groups is 2. The Labute approximate surface area is 400 Å². The molecule has 0 aromatic heterocycles. The SMILES string of the molecule is COCCOC(=O)N1C(=O)[C@@]2(c3cc(C#CCCO)ccc31)[C@H](c1cccc(OCCO)c1)N1[C@H](c3ccccc3)[C@H](c3ccccc3)OC(=O)[C@H]1[C@@H]2C(=O)N1CCc2cc(OC)c(OC)cc2C1. The average Bonchev–Trinajstić information content (AvgIpc) is 3.84. The molecule has 2 N–H and O–H groups in total. The van der Waals surface area contributed by atoms with E-state index in [1.807, 2.05) is 83.8 Å². The van der Waals surface area contributed by atoms with Gasteiger partial charge in [0.15, 0.2) is 11.5 Å². The second-order valence-electron chi connectivity index (χ2n) is 17.2. The first-order chi connectivity index (χ1) is 33.7. The summed E-state index contributed by atoms with van der Waals surface area (Å²) in [5.74, 6) is 3.87. The predicted molar refractivity (Wildman–Crippen MR) is 251 cm³/mol. The van der Waals surface area contributed by atoms with Crippen LogP contribution in [0.5, 0.6) is 17.2 Å². The molecule has 5 aromatic carbocycles. The molecule has 3 amide bonds. The number of rotatable bonds is 13. The Hall–Kier alpha value is -7.22. The van der Waals surface area contributed by atoms with Gasteiger partial charge >= 0.3 is 12.1 Å². The lowest BCUT2D eigenvalue weighted by Crippen LogP contribution is -2.57. The van der Waals surface area contributed by atoms with E-state index in [0.717, 1.165) is 21.6 Å². The van der Waals surface area contributed by atoms with Crippen molar-refractivity contribution in [1.82, 2.24) is 9.80 Å². The quantitative estimate of drug-likeness (QED) is 0.0820. The molecule has 4 aliphatic heterocycles. The second kappa shape index (κ2) is 20.2. The number of ether oxygens (including phenoxy) is 6. The van der Waals surface area contributed by atoms with E-state index < -0.39 is 59.4 Å². The number of fused-ring (bicyclic) bond motifs is 4. The zero-order valence-corrected chi connectivity index (χ0v) is 38.5. The summed E-state index contributed by atoms with van der Waals surface area (Å²) in [6, 6.07) is 31.2. The van der Waals surface area contributed by atoms with Gasteiger partial charge in [0, 0.05) is 32.2 Å². The number of nitrogens with zero attached hydrogens (tertiary/aromatic N) is 3. The number of carbonyl (C=O) groups excluding carboxylic acids is 4. The normalized spacial score (nSPS) is 22.5. The highest BCUT2D eigenvalue weighted by molar-refractivity contribution is 6.23. The minimum atomic E-state index is -2.07. The summed E-state index contributed by atoms with van der Waals surface area (Å²) in [4.78, 5) is 67.7. The Morgan fingerprint density at radius 2 is 1.48 bits per heavy atom. The number of hydrogen-bond acceptors (Lipinski definition) is 13. The minimum absolute atomic E-state index is 0.0341. The summed E-state index contributed by atoms with van der Waals surface area (Å²) < 4.78 is 34.9. The van der Waals surface area contributed by atoms with Crippen molar-refractivity contribution in [3.63, 3.8) is 0 Å². The number of morpholine rings is 1. The molecule has 356 valence electrons. The standard InChI is InChI=1S/C54H53N3O12/c1-64-27-28-68-53(63)56-42-21-20-34(13-10-11-24-58)29-41(42)54(52(56)62)45(50(60)55-23-22-37-31-43(65-2)44(66-3)32-39(37)33-55)47-51(61)69-48(36-16-8-5-9-17-36)46(35-14-6-4-7-15-35)57(47)49(54)38-18-12-19-40(30-38)67-26-25-59/h4-9,12,14-21,29-32,45-49,58-59H,11,22-28,33H2,1-3H3/t45-,46-,47-,48+,49+,54-/m1/s1. The Morgan fingerprint density at radius 3 is 2.17 bits per heavy atom. The fourth-order valence-corrected chi connectivity index (χ4v) is 10.6. The lowest BCUT2D eigenvalue weighted by Gasteiger charge is -2.46. The largest absolute Gasteiger partial charge is 0.493 e. The monoisotopic (exact) mass is 935 g/mol. The summed E-state index contributed by atoms with van der Waals surface area (Å²) in [6.07, 6.45) is -1.35. The third-order valence-corrected chi connectivity index (χ3v) is 13.5. The number of cyclic esters (lactones) is 1. The van der Waals surface area contributed by atoms with Crippen molar-refractivity contribution in [3.05, 3.63) is 154 Å². The number of esters is 1. The van der Waals surface area contributed by atoms with Gasteiger partial charge in [-0.15, -0.1) is 0 Å². The molecule has 4 aliphatic rings. The van der Waals surface area contributed by atoms with Gasteiger partial charge in [-0.25, -0.2) is 9.69 Å². The first kappa shape index (κ1) is 46.9. The Balaban J connectivity index is 1.35. The predicted octanol–water partition coefficient (Wildman–Crippen LogP) is 5.84. The van der Waals surface area contributed by atoms with Gasteiger partial charge in [0.1, 0.15) is 36.5 Å². The fraction of sp³-hybridized carbons (Fsp3) is 0.333. The highest BCUT2D eigenvalue weighted by atomic mass is 16.6. The van der Waals surface area contributed by atoms with Crippen molar-refractivity contribution in [2.75, 3.05) is 65.8 Å². The summed E-state index contributed by atoms with van der Waals surface area (Å²) >= 11 is 0. The molecule has 15 heteroatoms. The van der Waals surface area contributed by atoms with Gasteiger partial charge in [-0.3, -0.25) is 19.3 Å². The van der Waals surface area contributed by atoms with Gasteiger partial charge in [-0.2, -0.15) is 0 Å². The van der Waals surface area contributed by atoms with E-state index in [-0.39, 0.29) is 63.8 Å². The van der Waals surface area contributed by atoms with Crippen LogP contribution in [0.4, 0.5) is 10.5 Å².